The molecule has 7 rings (SSSR count). The molecule has 7 aliphatic heterocycles. The van der Waals surface area contributed by atoms with Crippen LogP contribution in [0.25, 0.3) is 0 Å². The smallest absolute Gasteiger partial charge is 0.308 e. The number of cyclic esters (lactones) is 2. The molecule has 0 radical (unpaired) electrons. The lowest BCUT2D eigenvalue weighted by Crippen LogP contribution is -2.63. The van der Waals surface area contributed by atoms with Gasteiger partial charge in [-0.1, -0.05) is 83.9 Å². The van der Waals surface area contributed by atoms with Crippen LogP contribution in [-0.4, -0.2) is 334 Å². The summed E-state index contributed by atoms with van der Waals surface area (Å²) in [7, 11) is 13.1. The van der Waals surface area contributed by atoms with Crippen molar-refractivity contribution in [2.24, 2.45) is 53.3 Å². The quantitative estimate of drug-likeness (QED) is 0.0480. The van der Waals surface area contributed by atoms with E-state index in [1.165, 1.54) is 40.6 Å². The Kier molecular flexibility index (Phi) is 41.3. The highest BCUT2D eigenvalue weighted by molar-refractivity contribution is 5.92. The van der Waals surface area contributed by atoms with Gasteiger partial charge in [0, 0.05) is 95.2 Å². The fourth-order valence-electron chi connectivity index (χ4n) is 17.6. The predicted octanol–water partition coefficient (Wildman–Crippen LogP) is 4.67. The number of likely N-dealkylation sites (N-methyl/N-ethyl adjacent to an activating group) is 2. The molecule has 7 aliphatic rings. The lowest BCUT2D eigenvalue weighted by molar-refractivity contribution is -0.333. The first-order valence-corrected chi connectivity index (χ1v) is 42.0. The summed E-state index contributed by atoms with van der Waals surface area (Å²) in [5, 5.41) is 88.2. The topological polar surface area (TPSA) is 418 Å². The Hall–Kier alpha value is -4.38. The van der Waals surface area contributed by atoms with Crippen LogP contribution in [-0.2, 0) is 105 Å². The SMILES string of the molecule is CC[C@H]1OC(=O)C[C@@H](O)[C@H](C)[C@@H](O[C@@H]2O[C@H](C)[C@@H](O)[C@H](N(C)C)[C@H]2O)[C@@H](CC=O)C[C@@H](C)C(=O)/C=C/C(C)=C/[C@@H]1CO[C@@H]1O[C@H](C)[C@@H](O)[C@@H](OC)[C@H]1OC.CC[C@H]1OC(=O)C[C@@H](O)[C@H](C)[C@@H](O[C@@H]2O[C@H](C)[C@@H](O[C@H]3C[C@@](C)(O)[C@@H](O)[C@H](C)O3)[C@H](N(C)C)[C@H]2C)[C@@H](CC=O)C[C@@H](C)C(=O)/C=C/C(C)=C/[C@@H]1CO[C@@H]1O[C@H](C)[C@@H](O)[C@@H](OC)[C@H]1OC. The van der Waals surface area contributed by atoms with Crippen molar-refractivity contribution in [1.82, 2.24) is 9.80 Å². The Labute approximate surface area is 698 Å². The van der Waals surface area contributed by atoms with Crippen LogP contribution in [0.2, 0.25) is 0 Å². The lowest BCUT2D eigenvalue weighted by atomic mass is 9.79. The second kappa shape index (κ2) is 47.6. The number of nitrogens with zero attached hydrogens (tertiary/aromatic N) is 2. The largest absolute Gasteiger partial charge is 0.462 e. The van der Waals surface area contributed by atoms with Crippen LogP contribution < -0.4 is 0 Å². The molecule has 32 heteroatoms. The number of ketones is 2. The van der Waals surface area contributed by atoms with Crippen molar-refractivity contribution in [2.45, 2.75) is 339 Å². The summed E-state index contributed by atoms with van der Waals surface area (Å²) in [6.45, 7) is 26.5. The number of allylic oxidation sites excluding steroid dienone is 6. The second-order valence-corrected chi connectivity index (χ2v) is 34.5. The normalized spacial score (nSPS) is 44.9. The van der Waals surface area contributed by atoms with E-state index in [-0.39, 0.29) is 75.3 Å². The van der Waals surface area contributed by atoms with Gasteiger partial charge in [0.2, 0.25) is 0 Å². The first-order chi connectivity index (χ1) is 55.6. The molecule has 38 atom stereocenters. The standard InChI is InChI=1S/C47H79NO16.C39H65NO14/c1-14-35-32(23-58-46-43(57-13)42(56-12)39(53)28(6)60-46)19-24(2)15-16-33(50)25(3)20-31(17-18-49)40(26(4)34(51)21-36(52)62-35)64-45-27(5)38(48(10)11)41(29(7)61-45)63-37-22-47(9,55)44(54)30(8)59-37;1-11-29-26(19-50-39-37(49-10)36(48-9)33(46)24(6)52-39)16-20(2)12-13-27(42)21(3)17-25(14-15-41)35(22(4)28(43)18-30(44)53-29)54-38-34(47)31(40(7)8)32(45)23(5)51-38/h15-16,18-19,25-32,34-35,37-46,51,53-55H,14,17,20-23H2,1-13H3;12-13,15-16,21-26,28-29,31-39,43,45-47H,11,14,17-19H2,1-10H3/b16-15+,24-19+;13-12+,20-16+/t25-,26+,27-,28-,29-,30+,31+,32-,34-,35-,37+,38-,39-,40-,41-,42-,43-,44+,45+,46-,47-;21-,22+,23-,24-,25+,26-,28-,29-,31+,32-,33-,34-,35-,36-,37-,38+,39-/m11/s1. The maximum absolute atomic E-state index is 13.8. The Morgan fingerprint density at radius 3 is 1.24 bits per heavy atom. The van der Waals surface area contributed by atoms with Crippen molar-refractivity contribution in [2.75, 3.05) is 69.8 Å². The molecule has 5 fully saturated rings. The fourth-order valence-corrected chi connectivity index (χ4v) is 17.6. The molecule has 8 N–H and O–H groups in total. The molecule has 0 aromatic rings. The number of aldehydes is 2. The molecular weight excluding hydrogens is 1540 g/mol. The first kappa shape index (κ1) is 102. The highest BCUT2D eigenvalue weighted by Crippen LogP contribution is 2.42. The monoisotopic (exact) mass is 1680 g/mol. The number of aliphatic hydroxyl groups is 8. The van der Waals surface area contributed by atoms with Gasteiger partial charge >= 0.3 is 11.9 Å². The molecule has 0 aromatic carbocycles. The van der Waals surface area contributed by atoms with Crippen LogP contribution in [0.1, 0.15) is 162 Å². The zero-order valence-electron chi connectivity index (χ0n) is 73.7. The maximum atomic E-state index is 13.8. The van der Waals surface area contributed by atoms with Gasteiger partial charge in [-0.2, -0.15) is 0 Å². The Balaban J connectivity index is 0.000000372. The summed E-state index contributed by atoms with van der Waals surface area (Å²) in [5.41, 5.74) is -0.0152. The highest BCUT2D eigenvalue weighted by atomic mass is 16.7. The molecule has 0 spiro atoms. The van der Waals surface area contributed by atoms with E-state index in [2.05, 4.69) is 0 Å². The first-order valence-electron chi connectivity index (χ1n) is 42.0. The van der Waals surface area contributed by atoms with Gasteiger partial charge in [0.05, 0.1) is 98.7 Å². The molecule has 678 valence electrons. The number of hydrogen-bond acceptors (Lipinski definition) is 32. The second-order valence-electron chi connectivity index (χ2n) is 34.5. The lowest BCUT2D eigenvalue weighted by Gasteiger charge is -2.50. The minimum atomic E-state index is -1.43. The number of hydrogen-bond donors (Lipinski definition) is 8. The van der Waals surface area contributed by atoms with E-state index in [1.54, 1.807) is 93.5 Å². The van der Waals surface area contributed by atoms with Gasteiger partial charge < -0.3 is 136 Å². The molecule has 0 aliphatic carbocycles. The van der Waals surface area contributed by atoms with Crippen molar-refractivity contribution >= 4 is 36.1 Å². The molecule has 0 aromatic heterocycles. The van der Waals surface area contributed by atoms with Crippen molar-refractivity contribution in [3.05, 3.63) is 47.6 Å². The van der Waals surface area contributed by atoms with Gasteiger partial charge in [0.25, 0.3) is 0 Å². The van der Waals surface area contributed by atoms with Gasteiger partial charge in [-0.3, -0.25) is 19.2 Å². The van der Waals surface area contributed by atoms with Crippen LogP contribution in [0.5, 0.6) is 0 Å². The zero-order chi connectivity index (χ0) is 88.2. The Morgan fingerprint density at radius 1 is 0.466 bits per heavy atom. The summed E-state index contributed by atoms with van der Waals surface area (Å²) in [4.78, 5) is 82.7. The van der Waals surface area contributed by atoms with Gasteiger partial charge in [-0.05, 0) is 133 Å². The van der Waals surface area contributed by atoms with E-state index in [1.807, 2.05) is 72.7 Å². The van der Waals surface area contributed by atoms with Crippen molar-refractivity contribution in [3.63, 3.8) is 0 Å². The summed E-state index contributed by atoms with van der Waals surface area (Å²) in [6, 6.07) is -1.04. The number of esters is 2. The average Bonchev–Trinajstić information content (AvgIpc) is 0.758. The zero-order valence-corrected chi connectivity index (χ0v) is 73.7. The molecule has 32 nitrogen and oxygen atoms in total. The summed E-state index contributed by atoms with van der Waals surface area (Å²) < 4.78 is 97.1. The van der Waals surface area contributed by atoms with Crippen LogP contribution in [0.4, 0.5) is 0 Å². The molecule has 0 unspecified atom stereocenters. The number of rotatable bonds is 24. The third kappa shape index (κ3) is 27.1. The van der Waals surface area contributed by atoms with Gasteiger partial charge in [0.15, 0.2) is 43.0 Å². The van der Waals surface area contributed by atoms with Crippen LogP contribution in [0.3, 0.4) is 0 Å². The number of carbonyl (C=O) groups is 6. The summed E-state index contributed by atoms with van der Waals surface area (Å²) >= 11 is 0. The van der Waals surface area contributed by atoms with Crippen molar-refractivity contribution < 1.29 is 145 Å². The maximum Gasteiger partial charge on any atom is 0.308 e. The molecule has 0 bridgehead atoms. The Morgan fingerprint density at radius 2 is 0.856 bits per heavy atom. The van der Waals surface area contributed by atoms with E-state index in [0.717, 1.165) is 12.6 Å². The van der Waals surface area contributed by atoms with Crippen LogP contribution in [0.15, 0.2) is 47.6 Å². The fraction of sp³-hybridized carbons (Fsp3) is 0.837. The van der Waals surface area contributed by atoms with E-state index in [4.69, 9.17) is 75.8 Å². The van der Waals surface area contributed by atoms with Gasteiger partial charge in [-0.15, -0.1) is 0 Å². The highest BCUT2D eigenvalue weighted by Gasteiger charge is 2.53. The molecule has 118 heavy (non-hydrogen) atoms. The van der Waals surface area contributed by atoms with Crippen LogP contribution >= 0.6 is 0 Å². The third-order valence-corrected chi connectivity index (χ3v) is 24.9. The minimum Gasteiger partial charge on any atom is -0.462 e. The summed E-state index contributed by atoms with van der Waals surface area (Å²) in [6.07, 6.45) is -10.6. The minimum absolute atomic E-state index is 0.0120. The van der Waals surface area contributed by atoms with Crippen molar-refractivity contribution in [1.29, 1.82) is 0 Å². The molecule has 5 saturated heterocycles. The molecule has 7 heterocycles. The third-order valence-electron chi connectivity index (χ3n) is 24.9. The van der Waals surface area contributed by atoms with E-state index in [0.29, 0.717) is 24.0 Å². The molecule has 0 amide bonds. The number of carbonyl (C=O) groups excluding carboxylic acids is 6. The van der Waals surface area contributed by atoms with E-state index < -0.39 is 237 Å². The van der Waals surface area contributed by atoms with Gasteiger partial charge in [0.1, 0.15) is 79.7 Å². The predicted molar refractivity (Wildman–Crippen MR) is 429 cm³/mol. The molecule has 0 saturated carbocycles. The van der Waals surface area contributed by atoms with E-state index in [9.17, 15) is 69.6 Å². The van der Waals surface area contributed by atoms with Crippen molar-refractivity contribution in [3.8, 4) is 0 Å². The Bertz CT molecular complexity index is 3230. The van der Waals surface area contributed by atoms with Crippen LogP contribution in [0, 0.1) is 53.3 Å². The average molecular weight is 1690 g/mol. The number of aliphatic hydroxyl groups excluding tert-OH is 7. The van der Waals surface area contributed by atoms with E-state index >= 15 is 0 Å². The summed E-state index contributed by atoms with van der Waals surface area (Å²) in [5.74, 6) is -6.91. The number of ether oxygens (including phenoxy) is 16. The van der Waals surface area contributed by atoms with Gasteiger partial charge in [-0.25, -0.2) is 0 Å². The number of methoxy groups -OCH3 is 4. The molecular formula is C86H144N2O30.